The minimum Gasteiger partial charge on any atom is -0.361 e. The first-order chi connectivity index (χ1) is 15.5. The Morgan fingerprint density at radius 2 is 2.03 bits per heavy atom. The first-order valence-electron chi connectivity index (χ1n) is 10.7. The molecule has 1 aliphatic rings. The number of nitrogens with zero attached hydrogens (tertiary/aromatic N) is 2. The van der Waals surface area contributed by atoms with Gasteiger partial charge in [0.05, 0.1) is 12.5 Å². The maximum atomic E-state index is 13.3. The molecule has 0 aliphatic carbocycles. The Bertz CT molecular complexity index is 1160. The second-order valence-corrected chi connectivity index (χ2v) is 8.26. The monoisotopic (exact) mass is 446 g/mol. The van der Waals surface area contributed by atoms with Crippen LogP contribution in [-0.2, 0) is 9.59 Å². The van der Waals surface area contributed by atoms with Crippen molar-refractivity contribution < 1.29 is 9.59 Å². The summed E-state index contributed by atoms with van der Waals surface area (Å²) in [5.41, 5.74) is 2.66. The first-order valence-corrected chi connectivity index (χ1v) is 11.1. The lowest BCUT2D eigenvalue weighted by Gasteiger charge is -2.30. The quantitative estimate of drug-likeness (QED) is 0.391. The predicted molar refractivity (Wildman–Crippen MR) is 131 cm³/mol. The molecule has 0 saturated carbocycles. The van der Waals surface area contributed by atoms with Gasteiger partial charge in [0.2, 0.25) is 5.91 Å². The van der Waals surface area contributed by atoms with Crippen LogP contribution in [0.1, 0.15) is 31.4 Å². The number of aromatic amines is 1. The molecule has 3 aromatic rings. The molecule has 2 aromatic carbocycles. The maximum Gasteiger partial charge on any atom is 0.252 e. The highest BCUT2D eigenvalue weighted by Gasteiger charge is 2.45. The molecule has 1 aliphatic heterocycles. The van der Waals surface area contributed by atoms with Crippen LogP contribution in [0.5, 0.6) is 0 Å². The fourth-order valence-electron chi connectivity index (χ4n) is 4.12. The van der Waals surface area contributed by atoms with Crippen LogP contribution in [0.4, 0.5) is 5.69 Å². The SMILES string of the molecule is C=CCCN1C(=O)C(CC(=O)Nc2ccc3cc[nH]c3c2)N(C(C)c2ccccc2)C1=S. The summed E-state index contributed by atoms with van der Waals surface area (Å²) >= 11 is 5.69. The molecule has 2 atom stereocenters. The lowest BCUT2D eigenvalue weighted by molar-refractivity contribution is -0.131. The summed E-state index contributed by atoms with van der Waals surface area (Å²) in [5.74, 6) is -0.373. The predicted octanol–water partition coefficient (Wildman–Crippen LogP) is 4.63. The normalized spacial score (nSPS) is 17.1. The molecule has 0 bridgehead atoms. The Kier molecular flexibility index (Phi) is 6.37. The molecule has 32 heavy (non-hydrogen) atoms. The van der Waals surface area contributed by atoms with Crippen LogP contribution in [0.15, 0.2) is 73.4 Å². The van der Waals surface area contributed by atoms with E-state index in [2.05, 4.69) is 16.9 Å². The number of amides is 2. The van der Waals surface area contributed by atoms with Crippen molar-refractivity contribution in [2.24, 2.45) is 0 Å². The molecule has 6 nitrogen and oxygen atoms in total. The van der Waals surface area contributed by atoms with Gasteiger partial charge in [-0.25, -0.2) is 0 Å². The van der Waals surface area contributed by atoms with Gasteiger partial charge in [0, 0.05) is 23.9 Å². The van der Waals surface area contributed by atoms with Crippen LogP contribution in [0, 0.1) is 0 Å². The van der Waals surface area contributed by atoms with Crippen LogP contribution in [-0.4, -0.2) is 44.3 Å². The molecule has 7 heteroatoms. The zero-order chi connectivity index (χ0) is 22.7. The fraction of sp³-hybridized carbons (Fsp3) is 0.240. The van der Waals surface area contributed by atoms with Gasteiger partial charge in [-0.1, -0.05) is 42.5 Å². The van der Waals surface area contributed by atoms with Crippen molar-refractivity contribution in [1.82, 2.24) is 14.8 Å². The number of carbonyl (C=O) groups is 2. The van der Waals surface area contributed by atoms with Crippen molar-refractivity contribution in [3.63, 3.8) is 0 Å². The molecule has 1 fully saturated rings. The number of thiocarbonyl (C=S) groups is 1. The molecular formula is C25H26N4O2S. The fourth-order valence-corrected chi connectivity index (χ4v) is 4.59. The van der Waals surface area contributed by atoms with Gasteiger partial charge < -0.3 is 15.2 Å². The van der Waals surface area contributed by atoms with Crippen LogP contribution in [0.25, 0.3) is 10.9 Å². The van der Waals surface area contributed by atoms with Gasteiger partial charge in [0.25, 0.3) is 5.91 Å². The summed E-state index contributed by atoms with van der Waals surface area (Å²) in [4.78, 5) is 32.8. The highest BCUT2D eigenvalue weighted by molar-refractivity contribution is 7.80. The van der Waals surface area contributed by atoms with Gasteiger partial charge in [-0.05, 0) is 54.7 Å². The van der Waals surface area contributed by atoms with Gasteiger partial charge in [0.1, 0.15) is 6.04 Å². The second kappa shape index (κ2) is 9.36. The molecule has 2 N–H and O–H groups in total. The smallest absolute Gasteiger partial charge is 0.252 e. The maximum absolute atomic E-state index is 13.3. The molecule has 4 rings (SSSR count). The molecular weight excluding hydrogens is 420 g/mol. The average Bonchev–Trinajstić information content (AvgIpc) is 3.35. The van der Waals surface area contributed by atoms with Crippen molar-refractivity contribution in [2.75, 3.05) is 11.9 Å². The van der Waals surface area contributed by atoms with E-state index in [1.165, 1.54) is 0 Å². The van der Waals surface area contributed by atoms with E-state index < -0.39 is 6.04 Å². The van der Waals surface area contributed by atoms with E-state index in [4.69, 9.17) is 12.2 Å². The van der Waals surface area contributed by atoms with Gasteiger partial charge in [0.15, 0.2) is 5.11 Å². The van der Waals surface area contributed by atoms with Crippen LogP contribution in [0.3, 0.4) is 0 Å². The second-order valence-electron chi connectivity index (χ2n) is 7.89. The molecule has 1 aromatic heterocycles. The molecule has 2 heterocycles. The Balaban J connectivity index is 1.56. The summed E-state index contributed by atoms with van der Waals surface area (Å²) < 4.78 is 0. The van der Waals surface area contributed by atoms with Gasteiger partial charge in [-0.3, -0.25) is 14.5 Å². The largest absolute Gasteiger partial charge is 0.361 e. The van der Waals surface area contributed by atoms with E-state index >= 15 is 0 Å². The number of H-pyrrole nitrogens is 1. The minimum absolute atomic E-state index is 0.0174. The Morgan fingerprint density at radius 1 is 1.25 bits per heavy atom. The topological polar surface area (TPSA) is 68.4 Å². The Morgan fingerprint density at radius 3 is 2.78 bits per heavy atom. The standard InChI is InChI=1S/C25H26N4O2S/c1-3-4-14-28-24(31)22(29(25(28)32)17(2)18-8-6-5-7-9-18)16-23(30)27-20-11-10-19-12-13-26-21(19)15-20/h3,5-13,15,17,22,26H,1,4,14,16H2,2H3,(H,27,30). The molecule has 1 saturated heterocycles. The van der Waals surface area contributed by atoms with Crippen LogP contribution >= 0.6 is 12.2 Å². The number of fused-ring (bicyclic) bond motifs is 1. The summed E-state index contributed by atoms with van der Waals surface area (Å²) in [7, 11) is 0. The summed E-state index contributed by atoms with van der Waals surface area (Å²) in [6, 6.07) is 16.7. The number of nitrogens with one attached hydrogen (secondary N) is 2. The lowest BCUT2D eigenvalue weighted by Crippen LogP contribution is -2.39. The minimum atomic E-state index is -0.656. The third-order valence-electron chi connectivity index (χ3n) is 5.81. The van der Waals surface area contributed by atoms with Crippen molar-refractivity contribution >= 4 is 45.7 Å². The van der Waals surface area contributed by atoms with Crippen molar-refractivity contribution in [2.45, 2.75) is 31.8 Å². The molecule has 164 valence electrons. The Labute approximate surface area is 192 Å². The number of benzene rings is 2. The highest BCUT2D eigenvalue weighted by Crippen LogP contribution is 2.31. The number of aromatic nitrogens is 1. The third-order valence-corrected chi connectivity index (χ3v) is 6.24. The van der Waals surface area contributed by atoms with E-state index in [0.717, 1.165) is 16.5 Å². The van der Waals surface area contributed by atoms with Crippen molar-refractivity contribution in [3.05, 3.63) is 79.0 Å². The summed E-state index contributed by atoms with van der Waals surface area (Å²) in [6.45, 7) is 6.21. The molecule has 0 spiro atoms. The van der Waals surface area contributed by atoms with Crippen molar-refractivity contribution in [3.8, 4) is 0 Å². The average molecular weight is 447 g/mol. The molecule has 2 unspecified atom stereocenters. The van der Waals surface area contributed by atoms with Gasteiger partial charge in [-0.2, -0.15) is 0 Å². The lowest BCUT2D eigenvalue weighted by atomic mass is 10.0. The number of hydrogen-bond donors (Lipinski definition) is 2. The van der Waals surface area contributed by atoms with Gasteiger partial charge in [-0.15, -0.1) is 6.58 Å². The van der Waals surface area contributed by atoms with E-state index in [0.29, 0.717) is 23.8 Å². The van der Waals surface area contributed by atoms with E-state index in [1.807, 2.05) is 72.6 Å². The molecule has 2 amide bonds. The van der Waals surface area contributed by atoms with Crippen LogP contribution in [0.2, 0.25) is 0 Å². The van der Waals surface area contributed by atoms with E-state index in [-0.39, 0.29) is 24.3 Å². The number of hydrogen-bond acceptors (Lipinski definition) is 3. The zero-order valence-corrected chi connectivity index (χ0v) is 18.8. The number of rotatable bonds is 8. The van der Waals surface area contributed by atoms with Crippen molar-refractivity contribution in [1.29, 1.82) is 0 Å². The molecule has 0 radical (unpaired) electrons. The first kappa shape index (κ1) is 21.8. The van der Waals surface area contributed by atoms with E-state index in [9.17, 15) is 9.59 Å². The summed E-state index contributed by atoms with van der Waals surface area (Å²) in [5, 5.41) is 4.45. The van der Waals surface area contributed by atoms with E-state index in [1.54, 1.807) is 11.0 Å². The third kappa shape index (κ3) is 4.29. The van der Waals surface area contributed by atoms with Crippen LogP contribution < -0.4 is 5.32 Å². The zero-order valence-electron chi connectivity index (χ0n) is 18.0. The Hall–Kier alpha value is -3.45. The van der Waals surface area contributed by atoms with Gasteiger partial charge >= 0.3 is 0 Å². The summed E-state index contributed by atoms with van der Waals surface area (Å²) in [6.07, 6.45) is 4.27. The highest BCUT2D eigenvalue weighted by atomic mass is 32.1. The number of carbonyl (C=O) groups excluding carboxylic acids is 2. The number of anilines is 1.